The number of amides is 2. The highest BCUT2D eigenvalue weighted by Gasteiger charge is 2.41. The summed E-state index contributed by atoms with van der Waals surface area (Å²) in [5, 5.41) is 3.22. The Kier molecular flexibility index (Phi) is 9.17. The second-order valence-corrected chi connectivity index (χ2v) is 11.8. The van der Waals surface area contributed by atoms with E-state index in [9.17, 15) is 9.59 Å². The third kappa shape index (κ3) is 6.99. The van der Waals surface area contributed by atoms with Gasteiger partial charge in [0.25, 0.3) is 0 Å². The van der Waals surface area contributed by atoms with Crippen molar-refractivity contribution >= 4 is 11.8 Å². The van der Waals surface area contributed by atoms with Crippen LogP contribution in [0.4, 0.5) is 0 Å². The lowest BCUT2D eigenvalue weighted by atomic mass is 9.73. The second-order valence-electron chi connectivity index (χ2n) is 11.8. The highest BCUT2D eigenvalue weighted by molar-refractivity contribution is 5.83. The molecule has 210 valence electrons. The number of hydrogen-bond donors (Lipinski definition) is 1. The number of fused-ring (bicyclic) bond motifs is 1. The number of likely N-dealkylation sites (tertiary alicyclic amines) is 2. The third-order valence-corrected chi connectivity index (χ3v) is 8.97. The van der Waals surface area contributed by atoms with E-state index in [0.29, 0.717) is 25.6 Å². The summed E-state index contributed by atoms with van der Waals surface area (Å²) in [6.07, 6.45) is 10.4. The molecule has 0 radical (unpaired) electrons. The molecule has 7 nitrogen and oxygen atoms in total. The minimum absolute atomic E-state index is 0.190. The Labute approximate surface area is 233 Å². The summed E-state index contributed by atoms with van der Waals surface area (Å²) in [5.41, 5.74) is 3.19. The van der Waals surface area contributed by atoms with Crippen LogP contribution < -0.4 is 10.1 Å². The van der Waals surface area contributed by atoms with Gasteiger partial charge < -0.3 is 15.0 Å². The standard InChI is InChI=1S/C32H44N4O3/c1-25-12-13-28(34-22-25)27-10-6-18-36(23-27)30(37)24-35-19-15-32(16-20-35)14-5-4-9-26-8-2-3-11-29(26)39-21-7-17-33-31(32)38/h2-3,8,11-13,22,27H,4-7,9-10,14-21,23-24H2,1H3,(H,33,38). The molecule has 0 saturated carbocycles. The molecule has 1 N–H and O–H groups in total. The van der Waals surface area contributed by atoms with Gasteiger partial charge in [0.05, 0.1) is 18.6 Å². The third-order valence-electron chi connectivity index (χ3n) is 8.97. The molecule has 1 unspecified atom stereocenters. The van der Waals surface area contributed by atoms with Crippen molar-refractivity contribution in [1.29, 1.82) is 0 Å². The van der Waals surface area contributed by atoms with Gasteiger partial charge in [-0.15, -0.1) is 0 Å². The number of para-hydroxylation sites is 1. The average Bonchev–Trinajstić information content (AvgIpc) is 2.98. The maximum absolute atomic E-state index is 13.4. The van der Waals surface area contributed by atoms with Gasteiger partial charge in [0.15, 0.2) is 0 Å². The Bertz CT molecular complexity index is 1110. The van der Waals surface area contributed by atoms with Crippen LogP contribution in [0.5, 0.6) is 5.75 Å². The zero-order valence-electron chi connectivity index (χ0n) is 23.5. The van der Waals surface area contributed by atoms with Gasteiger partial charge >= 0.3 is 0 Å². The van der Waals surface area contributed by atoms with Crippen LogP contribution in [0.3, 0.4) is 0 Å². The number of carbonyl (C=O) groups is 2. The fourth-order valence-corrected chi connectivity index (χ4v) is 6.46. The van der Waals surface area contributed by atoms with E-state index in [1.54, 1.807) is 0 Å². The maximum atomic E-state index is 13.4. The Morgan fingerprint density at radius 3 is 2.72 bits per heavy atom. The van der Waals surface area contributed by atoms with Crippen LogP contribution in [0.25, 0.3) is 0 Å². The predicted molar refractivity (Wildman–Crippen MR) is 153 cm³/mol. The van der Waals surface area contributed by atoms with E-state index in [-0.39, 0.29) is 17.2 Å². The number of nitrogens with one attached hydrogen (secondary N) is 1. The van der Waals surface area contributed by atoms with Gasteiger partial charge in [-0.1, -0.05) is 30.7 Å². The first-order valence-corrected chi connectivity index (χ1v) is 14.9. The zero-order chi connectivity index (χ0) is 27.1. The molecule has 7 heteroatoms. The minimum atomic E-state index is -0.332. The molecule has 39 heavy (non-hydrogen) atoms. The van der Waals surface area contributed by atoms with E-state index in [4.69, 9.17) is 4.74 Å². The van der Waals surface area contributed by atoms with Crippen molar-refractivity contribution in [2.75, 3.05) is 45.9 Å². The maximum Gasteiger partial charge on any atom is 0.236 e. The average molecular weight is 533 g/mol. The van der Waals surface area contributed by atoms with Crippen LogP contribution in [0.2, 0.25) is 0 Å². The van der Waals surface area contributed by atoms with Gasteiger partial charge in [-0.25, -0.2) is 0 Å². The summed E-state index contributed by atoms with van der Waals surface area (Å²) in [5.74, 6) is 1.69. The molecular weight excluding hydrogens is 488 g/mol. The molecule has 0 bridgehead atoms. The van der Waals surface area contributed by atoms with Crippen LogP contribution in [0, 0.1) is 12.3 Å². The molecule has 2 aromatic rings. The normalized spacial score (nSPS) is 22.9. The van der Waals surface area contributed by atoms with Crippen molar-refractivity contribution in [2.45, 2.75) is 70.6 Å². The van der Waals surface area contributed by atoms with Gasteiger partial charge in [-0.2, -0.15) is 0 Å². The highest BCUT2D eigenvalue weighted by Crippen LogP contribution is 2.38. The Balaban J connectivity index is 1.15. The first kappa shape index (κ1) is 27.6. The minimum Gasteiger partial charge on any atom is -0.493 e. The summed E-state index contributed by atoms with van der Waals surface area (Å²) in [6, 6.07) is 12.5. The van der Waals surface area contributed by atoms with E-state index in [1.165, 1.54) is 5.56 Å². The summed E-state index contributed by atoms with van der Waals surface area (Å²) >= 11 is 0. The molecule has 1 aromatic carbocycles. The van der Waals surface area contributed by atoms with Gasteiger partial charge in [0.1, 0.15) is 5.75 Å². The van der Waals surface area contributed by atoms with E-state index in [2.05, 4.69) is 52.5 Å². The summed E-state index contributed by atoms with van der Waals surface area (Å²) in [6.45, 7) is 6.91. The van der Waals surface area contributed by atoms with Crippen molar-refractivity contribution in [1.82, 2.24) is 20.1 Å². The van der Waals surface area contributed by atoms with Crippen molar-refractivity contribution in [3.8, 4) is 5.75 Å². The zero-order valence-corrected chi connectivity index (χ0v) is 23.5. The molecule has 3 aliphatic rings. The first-order chi connectivity index (χ1) is 19.0. The molecule has 5 rings (SSSR count). The van der Waals surface area contributed by atoms with Gasteiger partial charge in [-0.3, -0.25) is 19.5 Å². The molecular formula is C32H44N4O3. The van der Waals surface area contributed by atoms with Gasteiger partial charge in [0.2, 0.25) is 11.8 Å². The lowest BCUT2D eigenvalue weighted by molar-refractivity contribution is -0.137. The Morgan fingerprint density at radius 2 is 1.90 bits per heavy atom. The number of pyridine rings is 1. The van der Waals surface area contributed by atoms with Gasteiger partial charge in [0, 0.05) is 37.4 Å². The Morgan fingerprint density at radius 1 is 1.05 bits per heavy atom. The van der Waals surface area contributed by atoms with Crippen molar-refractivity contribution in [3.05, 3.63) is 59.4 Å². The molecule has 2 amide bonds. The molecule has 0 aliphatic carbocycles. The molecule has 2 fully saturated rings. The number of benzene rings is 1. The van der Waals surface area contributed by atoms with Crippen molar-refractivity contribution < 1.29 is 14.3 Å². The van der Waals surface area contributed by atoms with E-state index < -0.39 is 0 Å². The summed E-state index contributed by atoms with van der Waals surface area (Å²) < 4.78 is 6.01. The van der Waals surface area contributed by atoms with E-state index in [0.717, 1.165) is 101 Å². The number of aromatic nitrogens is 1. The van der Waals surface area contributed by atoms with Crippen LogP contribution in [-0.2, 0) is 16.0 Å². The molecule has 2 saturated heterocycles. The number of ether oxygens (including phenoxy) is 1. The smallest absolute Gasteiger partial charge is 0.236 e. The molecule has 4 heterocycles. The summed E-state index contributed by atoms with van der Waals surface area (Å²) in [4.78, 5) is 35.6. The molecule has 1 atom stereocenters. The number of hydrogen-bond acceptors (Lipinski definition) is 5. The SMILES string of the molecule is Cc1ccc(C2CCCN(C(=O)CN3CCC4(CCCCc5ccccc5OCCCNC4=O)CC3)C2)nc1. The fourth-order valence-electron chi connectivity index (χ4n) is 6.46. The largest absolute Gasteiger partial charge is 0.493 e. The van der Waals surface area contributed by atoms with E-state index in [1.807, 2.05) is 17.2 Å². The van der Waals surface area contributed by atoms with Crippen molar-refractivity contribution in [2.24, 2.45) is 5.41 Å². The van der Waals surface area contributed by atoms with Crippen molar-refractivity contribution in [3.63, 3.8) is 0 Å². The number of piperidine rings is 2. The predicted octanol–water partition coefficient (Wildman–Crippen LogP) is 4.49. The quantitative estimate of drug-likeness (QED) is 0.631. The lowest BCUT2D eigenvalue weighted by Crippen LogP contribution is -2.51. The monoisotopic (exact) mass is 532 g/mol. The molecule has 1 spiro atoms. The molecule has 1 aromatic heterocycles. The number of aryl methyl sites for hydroxylation is 2. The Hall–Kier alpha value is -2.93. The highest BCUT2D eigenvalue weighted by atomic mass is 16.5. The number of rotatable bonds is 3. The van der Waals surface area contributed by atoms with Gasteiger partial charge in [-0.05, 0) is 94.6 Å². The van der Waals surface area contributed by atoms with Crippen LogP contribution in [-0.4, -0.2) is 72.5 Å². The van der Waals surface area contributed by atoms with E-state index >= 15 is 0 Å². The number of nitrogens with zero attached hydrogens (tertiary/aromatic N) is 3. The second kappa shape index (κ2) is 12.9. The number of carbonyl (C=O) groups excluding carboxylic acids is 2. The van der Waals surface area contributed by atoms with Crippen LogP contribution >= 0.6 is 0 Å². The van der Waals surface area contributed by atoms with Crippen LogP contribution in [0.1, 0.15) is 74.1 Å². The van der Waals surface area contributed by atoms with Crippen LogP contribution in [0.15, 0.2) is 42.6 Å². The summed E-state index contributed by atoms with van der Waals surface area (Å²) in [7, 11) is 0. The fraction of sp³-hybridized carbons (Fsp3) is 0.594. The molecule has 3 aliphatic heterocycles. The lowest BCUT2D eigenvalue weighted by Gasteiger charge is -2.41. The first-order valence-electron chi connectivity index (χ1n) is 14.9. The topological polar surface area (TPSA) is 74.8 Å².